The van der Waals surface area contributed by atoms with E-state index in [1.165, 1.54) is 23.5 Å². The molecule has 0 aliphatic rings. The van der Waals surface area contributed by atoms with Crippen molar-refractivity contribution in [1.29, 1.82) is 0 Å². The maximum absolute atomic E-state index is 13.0. The lowest BCUT2D eigenvalue weighted by Crippen LogP contribution is -2.30. The van der Waals surface area contributed by atoms with Crippen LogP contribution in [0, 0.1) is 12.7 Å². The molecule has 3 amide bonds. The first-order chi connectivity index (χ1) is 11.5. The van der Waals surface area contributed by atoms with Gasteiger partial charge in [-0.05, 0) is 44.0 Å². The minimum absolute atomic E-state index is 0.131. The van der Waals surface area contributed by atoms with Gasteiger partial charge in [-0.1, -0.05) is 0 Å². The van der Waals surface area contributed by atoms with Crippen LogP contribution in [0.25, 0.3) is 11.3 Å². The van der Waals surface area contributed by atoms with Crippen LogP contribution in [0.3, 0.4) is 0 Å². The van der Waals surface area contributed by atoms with Gasteiger partial charge in [-0.25, -0.2) is 14.2 Å². The molecule has 0 saturated heterocycles. The number of nitrogens with zero attached hydrogens (tertiary/aromatic N) is 1. The number of unbranched alkanes of at least 4 members (excludes halogenated alkanes) is 1. The molecule has 0 aliphatic heterocycles. The van der Waals surface area contributed by atoms with Gasteiger partial charge in [-0.3, -0.25) is 4.79 Å². The van der Waals surface area contributed by atoms with Crippen molar-refractivity contribution in [2.75, 3.05) is 11.9 Å². The Morgan fingerprint density at radius 2 is 1.96 bits per heavy atom. The van der Waals surface area contributed by atoms with Crippen molar-refractivity contribution in [3.63, 3.8) is 0 Å². The third-order valence-electron chi connectivity index (χ3n) is 3.29. The second-order valence-electron chi connectivity index (χ2n) is 5.23. The summed E-state index contributed by atoms with van der Waals surface area (Å²) in [6.45, 7) is 2.36. The van der Waals surface area contributed by atoms with Crippen molar-refractivity contribution in [3.05, 3.63) is 35.0 Å². The van der Waals surface area contributed by atoms with Crippen LogP contribution < -0.4 is 16.4 Å². The van der Waals surface area contributed by atoms with E-state index in [1.807, 2.05) is 6.92 Å². The minimum Gasteiger partial charge on any atom is -0.352 e. The molecule has 0 atom stereocenters. The quantitative estimate of drug-likeness (QED) is 0.670. The molecule has 0 spiro atoms. The van der Waals surface area contributed by atoms with Gasteiger partial charge < -0.3 is 16.4 Å². The average molecular weight is 350 g/mol. The molecule has 24 heavy (non-hydrogen) atoms. The number of carbonyl (C=O) groups excluding carboxylic acids is 2. The fraction of sp³-hybridized carbons (Fsp3) is 0.312. The van der Waals surface area contributed by atoms with Crippen LogP contribution in [0.15, 0.2) is 24.3 Å². The highest BCUT2D eigenvalue weighted by molar-refractivity contribution is 7.16. The molecule has 0 aliphatic carbocycles. The number of carbonyl (C=O) groups is 2. The minimum atomic E-state index is -0.564. The number of hydrogen-bond donors (Lipinski definition) is 3. The number of rotatable bonds is 7. The second-order valence-corrected chi connectivity index (χ2v) is 6.43. The van der Waals surface area contributed by atoms with E-state index >= 15 is 0 Å². The molecule has 0 bridgehead atoms. The topological polar surface area (TPSA) is 97.1 Å². The normalized spacial score (nSPS) is 10.4. The summed E-state index contributed by atoms with van der Waals surface area (Å²) in [7, 11) is 0. The number of aromatic nitrogens is 1. The number of nitrogens with two attached hydrogens (primary N) is 1. The Balaban J connectivity index is 1.87. The number of hydrogen-bond acceptors (Lipinski definition) is 4. The zero-order chi connectivity index (χ0) is 17.5. The molecule has 2 rings (SSSR count). The van der Waals surface area contributed by atoms with Gasteiger partial charge in [-0.2, -0.15) is 0 Å². The van der Waals surface area contributed by atoms with Crippen LogP contribution in [0.5, 0.6) is 0 Å². The number of aryl methyl sites for hydroxylation is 1. The Kier molecular flexibility index (Phi) is 6.25. The molecule has 1 aromatic heterocycles. The van der Waals surface area contributed by atoms with Crippen LogP contribution in [-0.2, 0) is 4.79 Å². The van der Waals surface area contributed by atoms with Gasteiger partial charge in [-0.15, -0.1) is 11.3 Å². The third-order valence-corrected chi connectivity index (χ3v) is 4.18. The summed E-state index contributed by atoms with van der Waals surface area (Å²) < 4.78 is 13.0. The SMILES string of the molecule is Cc1sc(NC(=O)CCCCNC(N)=O)nc1-c1ccc(F)cc1. The Morgan fingerprint density at radius 1 is 1.25 bits per heavy atom. The summed E-state index contributed by atoms with van der Waals surface area (Å²) in [6.07, 6.45) is 1.65. The third kappa shape index (κ3) is 5.31. The molecule has 0 unspecified atom stereocenters. The molecular weight excluding hydrogens is 331 g/mol. The van der Waals surface area contributed by atoms with Crippen molar-refractivity contribution in [1.82, 2.24) is 10.3 Å². The molecule has 1 aromatic carbocycles. The standard InChI is InChI=1S/C16H19FN4O2S/c1-10-14(11-5-7-12(17)8-6-11)21-16(24-10)20-13(22)4-2-3-9-19-15(18)23/h5-8H,2-4,9H2,1H3,(H3,18,19,23)(H,20,21,22). The van der Waals surface area contributed by atoms with Crippen LogP contribution in [0.1, 0.15) is 24.1 Å². The zero-order valence-electron chi connectivity index (χ0n) is 13.3. The van der Waals surface area contributed by atoms with Gasteiger partial charge >= 0.3 is 6.03 Å². The second kappa shape index (κ2) is 8.39. The van der Waals surface area contributed by atoms with Gasteiger partial charge in [0.05, 0.1) is 5.69 Å². The summed E-state index contributed by atoms with van der Waals surface area (Å²) in [4.78, 5) is 27.8. The number of benzene rings is 1. The smallest absolute Gasteiger partial charge is 0.312 e. The number of primary amides is 1. The Hall–Kier alpha value is -2.48. The zero-order valence-corrected chi connectivity index (χ0v) is 14.1. The average Bonchev–Trinajstić information content (AvgIpc) is 2.88. The highest BCUT2D eigenvalue weighted by atomic mass is 32.1. The van der Waals surface area contributed by atoms with Crippen LogP contribution in [-0.4, -0.2) is 23.5 Å². The summed E-state index contributed by atoms with van der Waals surface area (Å²) in [5, 5.41) is 5.76. The number of nitrogens with one attached hydrogen (secondary N) is 2. The molecule has 4 N–H and O–H groups in total. The van der Waals surface area contributed by atoms with E-state index in [1.54, 1.807) is 12.1 Å². The van der Waals surface area contributed by atoms with E-state index < -0.39 is 6.03 Å². The fourth-order valence-corrected chi connectivity index (χ4v) is 2.98. The van der Waals surface area contributed by atoms with Gasteiger partial charge in [0.25, 0.3) is 0 Å². The summed E-state index contributed by atoms with van der Waals surface area (Å²) in [5.74, 6) is -0.431. The molecule has 8 heteroatoms. The lowest BCUT2D eigenvalue weighted by atomic mass is 10.1. The number of thiazole rings is 1. The van der Waals surface area contributed by atoms with Crippen LogP contribution in [0.4, 0.5) is 14.3 Å². The first-order valence-electron chi connectivity index (χ1n) is 7.52. The number of halogens is 1. The molecule has 0 radical (unpaired) electrons. The van der Waals surface area contributed by atoms with Crippen molar-refractivity contribution in [3.8, 4) is 11.3 Å². The highest BCUT2D eigenvalue weighted by Gasteiger charge is 2.12. The lowest BCUT2D eigenvalue weighted by Gasteiger charge is -2.02. The van der Waals surface area contributed by atoms with Crippen molar-refractivity contribution >= 4 is 28.4 Å². The summed E-state index contributed by atoms with van der Waals surface area (Å²) in [6, 6.07) is 5.52. The molecule has 128 valence electrons. The van der Waals surface area contributed by atoms with Crippen LogP contribution >= 0.6 is 11.3 Å². The maximum atomic E-state index is 13.0. The van der Waals surface area contributed by atoms with Crippen molar-refractivity contribution in [2.45, 2.75) is 26.2 Å². The largest absolute Gasteiger partial charge is 0.352 e. The van der Waals surface area contributed by atoms with E-state index in [-0.39, 0.29) is 11.7 Å². The fourth-order valence-electron chi connectivity index (χ4n) is 2.13. The predicted molar refractivity (Wildman–Crippen MR) is 92.3 cm³/mol. The number of amides is 3. The molecule has 0 saturated carbocycles. The van der Waals surface area contributed by atoms with Gasteiger partial charge in [0.1, 0.15) is 5.82 Å². The highest BCUT2D eigenvalue weighted by Crippen LogP contribution is 2.30. The van der Waals surface area contributed by atoms with E-state index in [9.17, 15) is 14.0 Å². The first-order valence-corrected chi connectivity index (χ1v) is 8.34. The van der Waals surface area contributed by atoms with E-state index in [0.717, 1.165) is 16.1 Å². The maximum Gasteiger partial charge on any atom is 0.312 e. The van der Waals surface area contributed by atoms with Crippen molar-refractivity contribution in [2.24, 2.45) is 5.73 Å². The summed E-state index contributed by atoms with van der Waals surface area (Å²) >= 11 is 1.38. The monoisotopic (exact) mass is 350 g/mol. The van der Waals surface area contributed by atoms with Gasteiger partial charge in [0, 0.05) is 23.4 Å². The lowest BCUT2D eigenvalue weighted by molar-refractivity contribution is -0.116. The van der Waals surface area contributed by atoms with E-state index in [4.69, 9.17) is 5.73 Å². The molecule has 6 nitrogen and oxygen atoms in total. The predicted octanol–water partition coefficient (Wildman–Crippen LogP) is 3.03. The molecular formula is C16H19FN4O2S. The Labute approximate surface area is 143 Å². The van der Waals surface area contributed by atoms with Gasteiger partial charge in [0.15, 0.2) is 5.13 Å². The molecule has 1 heterocycles. The number of urea groups is 1. The Morgan fingerprint density at radius 3 is 2.62 bits per heavy atom. The Bertz CT molecular complexity index is 715. The molecule has 2 aromatic rings. The van der Waals surface area contributed by atoms with E-state index in [0.29, 0.717) is 30.9 Å². The summed E-state index contributed by atoms with van der Waals surface area (Å²) in [5.41, 5.74) is 6.50. The van der Waals surface area contributed by atoms with Crippen LogP contribution in [0.2, 0.25) is 0 Å². The van der Waals surface area contributed by atoms with Crippen molar-refractivity contribution < 1.29 is 14.0 Å². The first kappa shape index (κ1) is 17.9. The van der Waals surface area contributed by atoms with E-state index in [2.05, 4.69) is 15.6 Å². The number of anilines is 1. The molecule has 0 fully saturated rings. The van der Waals surface area contributed by atoms with Gasteiger partial charge in [0.2, 0.25) is 5.91 Å².